The summed E-state index contributed by atoms with van der Waals surface area (Å²) in [4.78, 5) is 33.0. The summed E-state index contributed by atoms with van der Waals surface area (Å²) in [5.41, 5.74) is 6.07. The monoisotopic (exact) mass is 279 g/mol. The predicted molar refractivity (Wildman–Crippen MR) is 71.9 cm³/mol. The molecule has 0 spiro atoms. The number of carbonyl (C=O) groups excluding carboxylic acids is 2. The van der Waals surface area contributed by atoms with Crippen molar-refractivity contribution in [2.45, 2.75) is 18.9 Å². The molecule has 0 bridgehead atoms. The molecule has 7 nitrogen and oxygen atoms in total. The highest BCUT2D eigenvalue weighted by Gasteiger charge is 2.20. The molecule has 1 rings (SSSR count). The third-order valence-corrected chi connectivity index (χ3v) is 2.57. The Labute approximate surface area is 116 Å². The van der Waals surface area contributed by atoms with Gasteiger partial charge in [0.1, 0.15) is 6.04 Å². The van der Waals surface area contributed by atoms with Crippen LogP contribution in [-0.2, 0) is 16.0 Å². The van der Waals surface area contributed by atoms with Crippen molar-refractivity contribution >= 4 is 17.9 Å². The molecular weight excluding hydrogens is 262 g/mol. The minimum Gasteiger partial charge on any atom is -0.481 e. The zero-order chi connectivity index (χ0) is 15.0. The highest BCUT2D eigenvalue weighted by molar-refractivity contribution is 5.89. The van der Waals surface area contributed by atoms with Crippen LogP contribution in [0.2, 0.25) is 0 Å². The SMILES string of the molecule is NC(=O)C(CC(=O)O)NC(=O)NCCc1ccccc1. The minimum absolute atomic E-state index is 0.369. The summed E-state index contributed by atoms with van der Waals surface area (Å²) in [5, 5.41) is 13.4. The average molecular weight is 279 g/mol. The molecule has 108 valence electrons. The summed E-state index contributed by atoms with van der Waals surface area (Å²) in [6.07, 6.45) is 0.0931. The van der Waals surface area contributed by atoms with Gasteiger partial charge in [-0.1, -0.05) is 30.3 Å². The number of nitrogens with one attached hydrogen (secondary N) is 2. The molecule has 3 amide bonds. The number of hydrogen-bond acceptors (Lipinski definition) is 3. The Morgan fingerprint density at radius 3 is 2.40 bits per heavy atom. The molecule has 0 aliphatic heterocycles. The van der Waals surface area contributed by atoms with E-state index in [1.54, 1.807) is 0 Å². The van der Waals surface area contributed by atoms with Crippen LogP contribution >= 0.6 is 0 Å². The third kappa shape index (κ3) is 5.85. The fraction of sp³-hybridized carbons (Fsp3) is 0.308. The summed E-state index contributed by atoms with van der Waals surface area (Å²) < 4.78 is 0. The van der Waals surface area contributed by atoms with E-state index in [1.807, 2.05) is 30.3 Å². The van der Waals surface area contributed by atoms with E-state index < -0.39 is 30.4 Å². The van der Waals surface area contributed by atoms with Gasteiger partial charge >= 0.3 is 12.0 Å². The van der Waals surface area contributed by atoms with E-state index in [4.69, 9.17) is 10.8 Å². The first-order chi connectivity index (χ1) is 9.49. The van der Waals surface area contributed by atoms with Crippen molar-refractivity contribution in [3.8, 4) is 0 Å². The standard InChI is InChI=1S/C13H17N3O4/c14-12(19)10(8-11(17)18)16-13(20)15-7-6-9-4-2-1-3-5-9/h1-5,10H,6-8H2,(H2,14,19)(H,17,18)(H2,15,16,20). The second-order valence-corrected chi connectivity index (χ2v) is 4.19. The molecule has 0 aromatic heterocycles. The van der Waals surface area contributed by atoms with Crippen LogP contribution in [-0.4, -0.2) is 35.6 Å². The Morgan fingerprint density at radius 1 is 1.20 bits per heavy atom. The molecule has 0 fully saturated rings. The molecule has 0 aliphatic rings. The van der Waals surface area contributed by atoms with E-state index in [-0.39, 0.29) is 0 Å². The molecule has 1 atom stereocenters. The second-order valence-electron chi connectivity index (χ2n) is 4.19. The van der Waals surface area contributed by atoms with Gasteiger partial charge < -0.3 is 21.5 Å². The molecule has 5 N–H and O–H groups in total. The van der Waals surface area contributed by atoms with E-state index in [0.29, 0.717) is 13.0 Å². The smallest absolute Gasteiger partial charge is 0.315 e. The molecular formula is C13H17N3O4. The van der Waals surface area contributed by atoms with Crippen LogP contribution in [0.4, 0.5) is 4.79 Å². The first-order valence-corrected chi connectivity index (χ1v) is 6.08. The summed E-state index contributed by atoms with van der Waals surface area (Å²) >= 11 is 0. The number of nitrogens with two attached hydrogens (primary N) is 1. The molecule has 0 saturated carbocycles. The summed E-state index contributed by atoms with van der Waals surface area (Å²) in [7, 11) is 0. The van der Waals surface area contributed by atoms with Crippen LogP contribution < -0.4 is 16.4 Å². The number of carbonyl (C=O) groups is 3. The van der Waals surface area contributed by atoms with Gasteiger partial charge in [-0.25, -0.2) is 4.79 Å². The van der Waals surface area contributed by atoms with Gasteiger partial charge in [0.15, 0.2) is 0 Å². The molecule has 0 heterocycles. The zero-order valence-corrected chi connectivity index (χ0v) is 10.8. The largest absolute Gasteiger partial charge is 0.481 e. The van der Waals surface area contributed by atoms with E-state index in [1.165, 1.54) is 0 Å². The number of benzene rings is 1. The summed E-state index contributed by atoms with van der Waals surface area (Å²) in [6, 6.07) is 7.70. The lowest BCUT2D eigenvalue weighted by Gasteiger charge is -2.14. The number of rotatable bonds is 7. The maximum atomic E-state index is 11.5. The number of primary amides is 1. The van der Waals surface area contributed by atoms with Gasteiger partial charge in [-0.2, -0.15) is 0 Å². The molecule has 20 heavy (non-hydrogen) atoms. The number of hydrogen-bond donors (Lipinski definition) is 4. The fourth-order valence-electron chi connectivity index (χ4n) is 1.57. The number of carboxylic acids is 1. The molecule has 1 aromatic carbocycles. The van der Waals surface area contributed by atoms with Crippen LogP contribution in [0.25, 0.3) is 0 Å². The number of urea groups is 1. The third-order valence-electron chi connectivity index (χ3n) is 2.57. The Morgan fingerprint density at radius 2 is 1.85 bits per heavy atom. The van der Waals surface area contributed by atoms with Gasteiger partial charge in [-0.05, 0) is 12.0 Å². The van der Waals surface area contributed by atoms with Crippen molar-refractivity contribution in [3.63, 3.8) is 0 Å². The first-order valence-electron chi connectivity index (χ1n) is 6.08. The van der Waals surface area contributed by atoms with Gasteiger partial charge in [0.25, 0.3) is 0 Å². The summed E-state index contributed by atoms with van der Waals surface area (Å²) in [6.45, 7) is 0.369. The lowest BCUT2D eigenvalue weighted by Crippen LogP contribution is -2.49. The van der Waals surface area contributed by atoms with E-state index in [2.05, 4.69) is 10.6 Å². The van der Waals surface area contributed by atoms with Crippen LogP contribution in [0.5, 0.6) is 0 Å². The molecule has 0 radical (unpaired) electrons. The lowest BCUT2D eigenvalue weighted by molar-refractivity contribution is -0.139. The molecule has 1 aromatic rings. The Hall–Kier alpha value is -2.57. The minimum atomic E-state index is -1.22. The van der Waals surface area contributed by atoms with E-state index >= 15 is 0 Å². The van der Waals surface area contributed by atoms with Crippen LogP contribution in [0.15, 0.2) is 30.3 Å². The van der Waals surface area contributed by atoms with Gasteiger partial charge in [-0.15, -0.1) is 0 Å². The van der Waals surface area contributed by atoms with Crippen molar-refractivity contribution in [1.29, 1.82) is 0 Å². The highest BCUT2D eigenvalue weighted by atomic mass is 16.4. The second kappa shape index (κ2) is 7.78. The average Bonchev–Trinajstić information content (AvgIpc) is 2.38. The normalized spacial score (nSPS) is 11.4. The van der Waals surface area contributed by atoms with Gasteiger partial charge in [0.05, 0.1) is 6.42 Å². The molecule has 0 aliphatic carbocycles. The topological polar surface area (TPSA) is 122 Å². The Kier molecular flexibility index (Phi) is 6.02. The quantitative estimate of drug-likeness (QED) is 0.554. The molecule has 1 unspecified atom stereocenters. The highest BCUT2D eigenvalue weighted by Crippen LogP contribution is 1.98. The molecule has 0 saturated heterocycles. The summed E-state index contributed by atoms with van der Waals surface area (Å²) in [5.74, 6) is -2.09. The van der Waals surface area contributed by atoms with Crippen molar-refractivity contribution in [3.05, 3.63) is 35.9 Å². The zero-order valence-electron chi connectivity index (χ0n) is 10.8. The van der Waals surface area contributed by atoms with Crippen LogP contribution in [0, 0.1) is 0 Å². The Bertz CT molecular complexity index is 476. The maximum absolute atomic E-state index is 11.5. The van der Waals surface area contributed by atoms with Crippen molar-refractivity contribution in [1.82, 2.24) is 10.6 Å². The van der Waals surface area contributed by atoms with E-state index in [9.17, 15) is 14.4 Å². The van der Waals surface area contributed by atoms with Gasteiger partial charge in [0.2, 0.25) is 5.91 Å². The van der Waals surface area contributed by atoms with Crippen molar-refractivity contribution in [2.24, 2.45) is 5.73 Å². The van der Waals surface area contributed by atoms with E-state index in [0.717, 1.165) is 5.56 Å². The number of amides is 3. The predicted octanol–water partition coefficient (Wildman–Crippen LogP) is -0.143. The number of aliphatic carboxylic acids is 1. The van der Waals surface area contributed by atoms with Crippen LogP contribution in [0.1, 0.15) is 12.0 Å². The maximum Gasteiger partial charge on any atom is 0.315 e. The first kappa shape index (κ1) is 15.5. The molecule has 7 heteroatoms. The van der Waals surface area contributed by atoms with Gasteiger partial charge in [0, 0.05) is 6.54 Å². The van der Waals surface area contributed by atoms with Crippen LogP contribution in [0.3, 0.4) is 0 Å². The number of carboxylic acid groups (broad SMARTS) is 1. The van der Waals surface area contributed by atoms with Gasteiger partial charge in [-0.3, -0.25) is 9.59 Å². The lowest BCUT2D eigenvalue weighted by atomic mass is 10.1. The Balaban J connectivity index is 2.35. The van der Waals surface area contributed by atoms with Crippen molar-refractivity contribution in [2.75, 3.05) is 6.54 Å². The fourth-order valence-corrected chi connectivity index (χ4v) is 1.57. The van der Waals surface area contributed by atoms with Crippen molar-refractivity contribution < 1.29 is 19.5 Å².